The lowest BCUT2D eigenvalue weighted by Gasteiger charge is -2.07. The van der Waals surface area contributed by atoms with Gasteiger partial charge in [-0.05, 0) is 35.9 Å². The van der Waals surface area contributed by atoms with Crippen LogP contribution in [-0.4, -0.2) is 19.5 Å². The number of fused-ring (bicyclic) bond motifs is 1. The lowest BCUT2D eigenvalue weighted by molar-refractivity contribution is 0.386. The van der Waals surface area contributed by atoms with Crippen LogP contribution in [0.1, 0.15) is 5.56 Å². The van der Waals surface area contributed by atoms with Gasteiger partial charge < -0.3 is 4.74 Å². The summed E-state index contributed by atoms with van der Waals surface area (Å²) in [6.45, 7) is 0. The molecule has 0 amide bonds. The van der Waals surface area contributed by atoms with Gasteiger partial charge in [0.15, 0.2) is 11.6 Å². The zero-order chi connectivity index (χ0) is 17.2. The fraction of sp³-hybridized carbons (Fsp3) is 0.0588. The van der Waals surface area contributed by atoms with E-state index in [1.807, 2.05) is 12.1 Å². The number of nitrogens with zero attached hydrogens (tertiary/aromatic N) is 1. The summed E-state index contributed by atoms with van der Waals surface area (Å²) >= 11 is 0. The van der Waals surface area contributed by atoms with Gasteiger partial charge in [0.05, 0.1) is 12.6 Å². The molecule has 7 heteroatoms. The van der Waals surface area contributed by atoms with Crippen LogP contribution in [0.5, 0.6) is 5.75 Å². The molecule has 0 aliphatic rings. The number of halogens is 1. The van der Waals surface area contributed by atoms with Gasteiger partial charge in [-0.2, -0.15) is 8.42 Å². The van der Waals surface area contributed by atoms with Gasteiger partial charge >= 0.3 is 10.2 Å². The molecule has 0 unspecified atom stereocenters. The molecule has 1 aromatic heterocycles. The molecule has 0 saturated carbocycles. The minimum absolute atomic E-state index is 0.131. The van der Waals surface area contributed by atoms with E-state index in [1.165, 1.54) is 37.7 Å². The Morgan fingerprint density at radius 3 is 2.71 bits per heavy atom. The molecule has 24 heavy (non-hydrogen) atoms. The zero-order valence-corrected chi connectivity index (χ0v) is 13.6. The molecule has 0 bridgehead atoms. The van der Waals surface area contributed by atoms with Crippen molar-refractivity contribution in [3.63, 3.8) is 0 Å². The molecule has 0 saturated heterocycles. The second kappa shape index (κ2) is 6.37. The molecule has 0 spiro atoms. The topological polar surface area (TPSA) is 60.3 Å². The molecular formula is C17H15FN2O3S. The van der Waals surface area contributed by atoms with E-state index in [9.17, 15) is 12.8 Å². The predicted octanol–water partition coefficient (Wildman–Crippen LogP) is 3.14. The smallest absolute Gasteiger partial charge is 0.327 e. The molecule has 124 valence electrons. The predicted molar refractivity (Wildman–Crippen MR) is 91.4 cm³/mol. The van der Waals surface area contributed by atoms with E-state index in [4.69, 9.17) is 4.74 Å². The summed E-state index contributed by atoms with van der Waals surface area (Å²) in [4.78, 5) is 0. The van der Waals surface area contributed by atoms with Crippen LogP contribution in [0.2, 0.25) is 0 Å². The minimum Gasteiger partial charge on any atom is -0.494 e. The first-order valence-corrected chi connectivity index (χ1v) is 8.54. The Morgan fingerprint density at radius 1 is 1.17 bits per heavy atom. The molecule has 2 aromatic carbocycles. The van der Waals surface area contributed by atoms with Crippen molar-refractivity contribution in [2.45, 2.75) is 0 Å². The van der Waals surface area contributed by atoms with E-state index < -0.39 is 16.0 Å². The second-order valence-electron chi connectivity index (χ2n) is 5.02. The molecule has 0 aliphatic carbocycles. The van der Waals surface area contributed by atoms with Gasteiger partial charge in [0.2, 0.25) is 0 Å². The van der Waals surface area contributed by atoms with Crippen LogP contribution in [0.25, 0.3) is 17.0 Å². The maximum atomic E-state index is 13.6. The first kappa shape index (κ1) is 16.1. The van der Waals surface area contributed by atoms with Crippen molar-refractivity contribution in [1.82, 2.24) is 8.69 Å². The Morgan fingerprint density at radius 2 is 1.96 bits per heavy atom. The van der Waals surface area contributed by atoms with Gasteiger partial charge in [0.1, 0.15) is 0 Å². The summed E-state index contributed by atoms with van der Waals surface area (Å²) in [5.41, 5.74) is 1.09. The van der Waals surface area contributed by atoms with Crippen LogP contribution >= 0.6 is 0 Å². The van der Waals surface area contributed by atoms with Gasteiger partial charge in [-0.15, -0.1) is 0 Å². The van der Waals surface area contributed by atoms with Crippen molar-refractivity contribution in [3.05, 3.63) is 72.3 Å². The monoisotopic (exact) mass is 346 g/mol. The maximum Gasteiger partial charge on any atom is 0.327 e. The van der Waals surface area contributed by atoms with Crippen molar-refractivity contribution in [2.24, 2.45) is 0 Å². The normalized spacial score (nSPS) is 11.9. The van der Waals surface area contributed by atoms with Crippen molar-refractivity contribution in [3.8, 4) is 5.75 Å². The number of nitrogens with one attached hydrogen (secondary N) is 1. The third kappa shape index (κ3) is 3.11. The van der Waals surface area contributed by atoms with Gasteiger partial charge in [0, 0.05) is 17.8 Å². The number of methoxy groups -OCH3 is 1. The number of benzene rings is 2. The van der Waals surface area contributed by atoms with Crippen molar-refractivity contribution < 1.29 is 17.5 Å². The minimum atomic E-state index is -3.78. The Hall–Kier alpha value is -2.80. The summed E-state index contributed by atoms with van der Waals surface area (Å²) < 4.78 is 46.7. The number of ether oxygens (including phenoxy) is 1. The van der Waals surface area contributed by atoms with Crippen molar-refractivity contribution >= 4 is 27.2 Å². The zero-order valence-electron chi connectivity index (χ0n) is 12.8. The van der Waals surface area contributed by atoms with Gasteiger partial charge in [-0.3, -0.25) is 4.72 Å². The molecule has 0 fully saturated rings. The van der Waals surface area contributed by atoms with Crippen LogP contribution < -0.4 is 9.46 Å². The number of aromatic nitrogens is 1. The Labute approximate surface area is 139 Å². The second-order valence-corrected chi connectivity index (χ2v) is 6.60. The summed E-state index contributed by atoms with van der Waals surface area (Å²) in [5.74, 6) is -0.384. The fourth-order valence-electron chi connectivity index (χ4n) is 2.33. The summed E-state index contributed by atoms with van der Waals surface area (Å²) in [7, 11) is -2.40. The Kier molecular flexibility index (Phi) is 4.26. The lowest BCUT2D eigenvalue weighted by atomic mass is 10.2. The van der Waals surface area contributed by atoms with E-state index in [1.54, 1.807) is 24.3 Å². The molecule has 0 radical (unpaired) electrons. The molecule has 3 aromatic rings. The fourth-order valence-corrected chi connectivity index (χ4v) is 3.33. The highest BCUT2D eigenvalue weighted by molar-refractivity contribution is 7.88. The van der Waals surface area contributed by atoms with E-state index in [2.05, 4.69) is 4.72 Å². The SMILES string of the molecule is COc1ccc(/C=C/NS(=O)(=O)n2ccc3ccccc32)cc1F. The van der Waals surface area contributed by atoms with Gasteiger partial charge in [-0.1, -0.05) is 24.3 Å². The van der Waals surface area contributed by atoms with Crippen LogP contribution in [0.4, 0.5) is 4.39 Å². The van der Waals surface area contributed by atoms with E-state index in [0.29, 0.717) is 11.1 Å². The molecule has 1 heterocycles. The average Bonchev–Trinajstić information content (AvgIpc) is 3.00. The number of rotatable bonds is 5. The number of hydrogen-bond donors (Lipinski definition) is 1. The first-order chi connectivity index (χ1) is 11.5. The highest BCUT2D eigenvalue weighted by atomic mass is 32.2. The third-order valence-corrected chi connectivity index (χ3v) is 4.76. The highest BCUT2D eigenvalue weighted by Gasteiger charge is 2.13. The summed E-state index contributed by atoms with van der Waals surface area (Å²) in [5, 5.41) is 0.823. The molecule has 0 atom stereocenters. The molecule has 5 nitrogen and oxygen atoms in total. The lowest BCUT2D eigenvalue weighted by Crippen LogP contribution is -2.24. The quantitative estimate of drug-likeness (QED) is 0.772. The molecule has 3 rings (SSSR count). The van der Waals surface area contributed by atoms with Crippen LogP contribution in [0.3, 0.4) is 0 Å². The average molecular weight is 346 g/mol. The van der Waals surface area contributed by atoms with E-state index in [0.717, 1.165) is 9.36 Å². The summed E-state index contributed by atoms with van der Waals surface area (Å²) in [6, 6.07) is 13.2. The van der Waals surface area contributed by atoms with Crippen molar-refractivity contribution in [1.29, 1.82) is 0 Å². The number of para-hydroxylation sites is 1. The Balaban J connectivity index is 1.81. The standard InChI is InChI=1S/C17H15FN2O3S/c1-23-17-7-6-13(12-15(17)18)8-10-19-24(21,22)20-11-9-14-4-2-3-5-16(14)20/h2-12,19H,1H3/b10-8+. The van der Waals surface area contributed by atoms with E-state index >= 15 is 0 Å². The Bertz CT molecular complexity index is 1010. The van der Waals surface area contributed by atoms with Crippen molar-refractivity contribution in [2.75, 3.05) is 7.11 Å². The molecule has 0 aliphatic heterocycles. The van der Waals surface area contributed by atoms with Gasteiger partial charge in [0.25, 0.3) is 0 Å². The number of hydrogen-bond acceptors (Lipinski definition) is 3. The third-order valence-electron chi connectivity index (χ3n) is 3.49. The maximum absolute atomic E-state index is 13.6. The first-order valence-electron chi connectivity index (χ1n) is 7.10. The molecule has 1 N–H and O–H groups in total. The van der Waals surface area contributed by atoms with E-state index in [-0.39, 0.29) is 5.75 Å². The largest absolute Gasteiger partial charge is 0.494 e. The van der Waals surface area contributed by atoms with Crippen LogP contribution in [0, 0.1) is 5.82 Å². The summed E-state index contributed by atoms with van der Waals surface area (Å²) in [6.07, 6.45) is 4.20. The van der Waals surface area contributed by atoms with Crippen LogP contribution in [0.15, 0.2) is 60.9 Å². The highest BCUT2D eigenvalue weighted by Crippen LogP contribution is 2.19. The molecular weight excluding hydrogens is 331 g/mol. The van der Waals surface area contributed by atoms with Gasteiger partial charge in [-0.25, -0.2) is 8.36 Å². The van der Waals surface area contributed by atoms with Crippen LogP contribution in [-0.2, 0) is 10.2 Å².